The molecule has 2 aliphatic carbocycles. The monoisotopic (exact) mass is 409 g/mol. The van der Waals surface area contributed by atoms with Crippen LogP contribution in [0.15, 0.2) is 60.3 Å². The molecular formula is C26H20FN3O. The zero-order chi connectivity index (χ0) is 21.6. The minimum atomic E-state index is -1.20. The van der Waals surface area contributed by atoms with Gasteiger partial charge in [-0.15, -0.1) is 0 Å². The first kappa shape index (κ1) is 19.3. The summed E-state index contributed by atoms with van der Waals surface area (Å²) in [5, 5.41) is 25.4. The highest BCUT2D eigenvalue weighted by Gasteiger charge is 2.54. The molecule has 0 spiro atoms. The van der Waals surface area contributed by atoms with Crippen molar-refractivity contribution in [2.75, 3.05) is 0 Å². The van der Waals surface area contributed by atoms with Crippen molar-refractivity contribution in [3.8, 4) is 23.6 Å². The number of rotatable bonds is 1. The Balaban J connectivity index is 1.53. The van der Waals surface area contributed by atoms with Gasteiger partial charge in [0.2, 0.25) is 0 Å². The second-order valence-corrected chi connectivity index (χ2v) is 8.39. The third kappa shape index (κ3) is 2.98. The number of halogens is 1. The summed E-state index contributed by atoms with van der Waals surface area (Å²) in [6.07, 6.45) is 5.79. The number of aliphatic hydroxyl groups is 1. The summed E-state index contributed by atoms with van der Waals surface area (Å²) >= 11 is 0. The molecule has 1 aromatic heterocycles. The zero-order valence-electron chi connectivity index (χ0n) is 17.1. The maximum Gasteiger partial charge on any atom is 0.135 e. The molecule has 0 saturated heterocycles. The van der Waals surface area contributed by atoms with Crippen LogP contribution in [-0.4, -0.2) is 20.5 Å². The SMILES string of the molecule is CC12Cc3cnn(-c4ccc(F)cc4)c3C=C1CC[C@@]2(O)C#Cc1ccccc1C#N. The van der Waals surface area contributed by atoms with Crippen LogP contribution in [0, 0.1) is 34.4 Å². The largest absolute Gasteiger partial charge is 0.377 e. The molecule has 2 atom stereocenters. The van der Waals surface area contributed by atoms with E-state index in [-0.39, 0.29) is 5.82 Å². The quantitative estimate of drug-likeness (QED) is 0.606. The topological polar surface area (TPSA) is 61.8 Å². The predicted molar refractivity (Wildman–Crippen MR) is 116 cm³/mol. The van der Waals surface area contributed by atoms with E-state index in [1.54, 1.807) is 30.3 Å². The van der Waals surface area contributed by atoms with Gasteiger partial charge in [0.25, 0.3) is 0 Å². The Hall–Kier alpha value is -3.67. The van der Waals surface area contributed by atoms with E-state index in [4.69, 9.17) is 0 Å². The summed E-state index contributed by atoms with van der Waals surface area (Å²) in [5.74, 6) is 5.88. The van der Waals surface area contributed by atoms with Gasteiger partial charge in [-0.2, -0.15) is 10.4 Å². The van der Waals surface area contributed by atoms with Crippen LogP contribution in [0.3, 0.4) is 0 Å². The Morgan fingerprint density at radius 2 is 1.87 bits per heavy atom. The second kappa shape index (κ2) is 6.94. The molecule has 2 aliphatic rings. The molecule has 2 aromatic carbocycles. The molecule has 0 aliphatic heterocycles. The van der Waals surface area contributed by atoms with Crippen LogP contribution in [0.5, 0.6) is 0 Å². The molecule has 5 rings (SSSR count). The van der Waals surface area contributed by atoms with Gasteiger partial charge in [0, 0.05) is 11.0 Å². The highest BCUT2D eigenvalue weighted by Crippen LogP contribution is 2.55. The normalized spacial score (nSPS) is 23.7. The number of nitriles is 1. The third-order valence-corrected chi connectivity index (χ3v) is 6.64. The number of fused-ring (bicyclic) bond motifs is 2. The summed E-state index contributed by atoms with van der Waals surface area (Å²) in [5.41, 5.74) is 3.31. The Kier molecular flexibility index (Phi) is 4.32. The fraction of sp³-hybridized carbons (Fsp3) is 0.231. The van der Waals surface area contributed by atoms with Crippen molar-refractivity contribution in [2.24, 2.45) is 5.41 Å². The van der Waals surface area contributed by atoms with Crippen LogP contribution in [0.1, 0.15) is 42.1 Å². The summed E-state index contributed by atoms with van der Waals surface area (Å²) in [4.78, 5) is 0. The maximum absolute atomic E-state index is 13.3. The molecule has 1 heterocycles. The van der Waals surface area contributed by atoms with Crippen LogP contribution >= 0.6 is 0 Å². The van der Waals surface area contributed by atoms with Crippen molar-refractivity contribution >= 4 is 6.08 Å². The minimum absolute atomic E-state index is 0.284. The number of hydrogen-bond donors (Lipinski definition) is 1. The van der Waals surface area contributed by atoms with Gasteiger partial charge < -0.3 is 5.11 Å². The van der Waals surface area contributed by atoms with Crippen molar-refractivity contribution in [3.05, 3.63) is 88.5 Å². The van der Waals surface area contributed by atoms with Crippen LogP contribution in [0.25, 0.3) is 11.8 Å². The van der Waals surface area contributed by atoms with Gasteiger partial charge in [0.15, 0.2) is 0 Å². The Morgan fingerprint density at radius 3 is 2.61 bits per heavy atom. The molecule has 152 valence electrons. The van der Waals surface area contributed by atoms with Gasteiger partial charge in [-0.05, 0) is 67.3 Å². The lowest BCUT2D eigenvalue weighted by Crippen LogP contribution is -2.44. The van der Waals surface area contributed by atoms with Crippen molar-refractivity contribution in [3.63, 3.8) is 0 Å². The molecule has 31 heavy (non-hydrogen) atoms. The van der Waals surface area contributed by atoms with E-state index in [1.807, 2.05) is 16.9 Å². The molecule has 0 bridgehead atoms. The van der Waals surface area contributed by atoms with Gasteiger partial charge in [-0.1, -0.05) is 36.5 Å². The van der Waals surface area contributed by atoms with Crippen LogP contribution < -0.4 is 0 Å². The van der Waals surface area contributed by atoms with E-state index in [2.05, 4.69) is 36.0 Å². The van der Waals surface area contributed by atoms with Crippen molar-refractivity contribution in [1.29, 1.82) is 5.26 Å². The van der Waals surface area contributed by atoms with Crippen LogP contribution in [0.2, 0.25) is 0 Å². The smallest absolute Gasteiger partial charge is 0.135 e. The lowest BCUT2D eigenvalue weighted by atomic mass is 9.67. The van der Waals surface area contributed by atoms with E-state index in [0.29, 0.717) is 24.0 Å². The predicted octanol–water partition coefficient (Wildman–Crippen LogP) is 4.41. The molecule has 0 amide bonds. The molecule has 1 saturated carbocycles. The summed E-state index contributed by atoms with van der Waals surface area (Å²) in [6, 6.07) is 15.6. The Labute approximate surface area is 180 Å². The van der Waals surface area contributed by atoms with Crippen LogP contribution in [-0.2, 0) is 6.42 Å². The van der Waals surface area contributed by atoms with E-state index >= 15 is 0 Å². The number of benzene rings is 2. The minimum Gasteiger partial charge on any atom is -0.377 e. The Morgan fingerprint density at radius 1 is 1.13 bits per heavy atom. The summed E-state index contributed by atoms with van der Waals surface area (Å²) in [7, 11) is 0. The van der Waals surface area contributed by atoms with Crippen LogP contribution in [0.4, 0.5) is 4.39 Å². The fourth-order valence-electron chi connectivity index (χ4n) is 4.70. The number of aromatic nitrogens is 2. The van der Waals surface area contributed by atoms with E-state index in [1.165, 1.54) is 12.1 Å². The maximum atomic E-state index is 13.3. The molecule has 1 fully saturated rings. The van der Waals surface area contributed by atoms with E-state index in [9.17, 15) is 14.8 Å². The van der Waals surface area contributed by atoms with Gasteiger partial charge in [-0.3, -0.25) is 0 Å². The third-order valence-electron chi connectivity index (χ3n) is 6.64. The van der Waals surface area contributed by atoms with Crippen molar-refractivity contribution < 1.29 is 9.50 Å². The zero-order valence-corrected chi connectivity index (χ0v) is 17.1. The van der Waals surface area contributed by atoms with Gasteiger partial charge in [0.1, 0.15) is 17.5 Å². The Bertz CT molecular complexity index is 1320. The lowest BCUT2D eigenvalue weighted by molar-refractivity contribution is 0.0153. The average Bonchev–Trinajstić information content (AvgIpc) is 3.29. The lowest BCUT2D eigenvalue weighted by Gasteiger charge is -2.39. The standard InChI is InChI=1S/C26H20FN3O/c1-25-15-20-17-29-30(23-8-6-22(27)7-9-23)24(20)14-21(25)11-13-26(25,31)12-10-18-4-2-3-5-19(18)16-28/h2-9,14,17,31H,11,13,15H2,1H3/t25?,26-/m0/s1. The molecular weight excluding hydrogens is 389 g/mol. The van der Waals surface area contributed by atoms with Crippen molar-refractivity contribution in [1.82, 2.24) is 9.78 Å². The second-order valence-electron chi connectivity index (χ2n) is 8.39. The van der Waals surface area contributed by atoms with E-state index in [0.717, 1.165) is 28.9 Å². The number of hydrogen-bond acceptors (Lipinski definition) is 3. The van der Waals surface area contributed by atoms with E-state index < -0.39 is 11.0 Å². The molecule has 1 N–H and O–H groups in total. The molecule has 0 radical (unpaired) electrons. The first-order chi connectivity index (χ1) is 14.9. The first-order valence-electron chi connectivity index (χ1n) is 10.2. The summed E-state index contributed by atoms with van der Waals surface area (Å²) < 4.78 is 15.1. The van der Waals surface area contributed by atoms with Gasteiger partial charge in [-0.25, -0.2) is 9.07 Å². The molecule has 1 unspecified atom stereocenters. The molecule has 4 nitrogen and oxygen atoms in total. The highest BCUT2D eigenvalue weighted by atomic mass is 19.1. The average molecular weight is 409 g/mol. The molecule has 5 heteroatoms. The highest BCUT2D eigenvalue weighted by molar-refractivity contribution is 5.64. The first-order valence-corrected chi connectivity index (χ1v) is 10.2. The van der Waals surface area contributed by atoms with Gasteiger partial charge in [0.05, 0.1) is 23.1 Å². The fourth-order valence-corrected chi connectivity index (χ4v) is 4.70. The molecule has 3 aromatic rings. The summed E-state index contributed by atoms with van der Waals surface area (Å²) in [6.45, 7) is 2.05. The number of nitrogens with zero attached hydrogens (tertiary/aromatic N) is 3. The van der Waals surface area contributed by atoms with Gasteiger partial charge >= 0.3 is 0 Å². The van der Waals surface area contributed by atoms with Crippen molar-refractivity contribution in [2.45, 2.75) is 31.8 Å².